The zero-order valence-electron chi connectivity index (χ0n) is 14.3. The van der Waals surface area contributed by atoms with E-state index in [1.807, 2.05) is 6.92 Å². The first-order valence-electron chi connectivity index (χ1n) is 7.65. The lowest BCUT2D eigenvalue weighted by Crippen LogP contribution is -2.27. The lowest BCUT2D eigenvalue weighted by molar-refractivity contribution is -0.152. The molecule has 0 saturated heterocycles. The number of alkyl halides is 2. The molecule has 0 aliphatic heterocycles. The molecule has 1 aromatic heterocycles. The smallest absolute Gasteiger partial charge is 0.341 e. The number of halogens is 2. The van der Waals surface area contributed by atoms with Gasteiger partial charge in [0, 0.05) is 11.3 Å². The number of hydrogen-bond donors (Lipinski definition) is 1. The summed E-state index contributed by atoms with van der Waals surface area (Å²) in [5, 5.41) is 2.97. The molecule has 1 atom stereocenters. The Morgan fingerprint density at radius 3 is 2.36 bits per heavy atom. The summed E-state index contributed by atoms with van der Waals surface area (Å²) in [6.07, 6.45) is 0.278. The van der Waals surface area contributed by atoms with Gasteiger partial charge in [-0.15, -0.1) is 34.5 Å². The maximum absolute atomic E-state index is 12.1. The SMILES string of the molecule is CCOC(=O)c1c(NC(=O)COC(=O)[C@@]2(C)CC2(Cl)Cl)sc(C)c1C. The van der Waals surface area contributed by atoms with E-state index in [1.54, 1.807) is 20.8 Å². The van der Waals surface area contributed by atoms with Crippen LogP contribution in [0.15, 0.2) is 0 Å². The Morgan fingerprint density at radius 1 is 1.24 bits per heavy atom. The van der Waals surface area contributed by atoms with Crippen molar-refractivity contribution in [3.63, 3.8) is 0 Å². The minimum atomic E-state index is -1.15. The van der Waals surface area contributed by atoms with Crippen LogP contribution in [-0.4, -0.2) is 35.4 Å². The van der Waals surface area contributed by atoms with Gasteiger partial charge < -0.3 is 14.8 Å². The molecule has 0 unspecified atom stereocenters. The van der Waals surface area contributed by atoms with Gasteiger partial charge in [-0.1, -0.05) is 0 Å². The van der Waals surface area contributed by atoms with Crippen LogP contribution >= 0.6 is 34.5 Å². The number of ether oxygens (including phenoxy) is 2. The molecule has 9 heteroatoms. The fourth-order valence-electron chi connectivity index (χ4n) is 2.24. The van der Waals surface area contributed by atoms with Crippen LogP contribution in [-0.2, 0) is 19.1 Å². The molecule has 6 nitrogen and oxygen atoms in total. The zero-order valence-corrected chi connectivity index (χ0v) is 16.7. The minimum Gasteiger partial charge on any atom is -0.462 e. The number of nitrogens with one attached hydrogen (secondary N) is 1. The van der Waals surface area contributed by atoms with Crippen molar-refractivity contribution in [2.75, 3.05) is 18.5 Å². The van der Waals surface area contributed by atoms with E-state index in [9.17, 15) is 14.4 Å². The number of carbonyl (C=O) groups excluding carboxylic acids is 3. The Morgan fingerprint density at radius 2 is 1.84 bits per heavy atom. The Bertz CT molecular complexity index is 730. The molecule has 0 bridgehead atoms. The first-order valence-corrected chi connectivity index (χ1v) is 9.22. The van der Waals surface area contributed by atoms with Crippen molar-refractivity contribution in [3.05, 3.63) is 16.0 Å². The van der Waals surface area contributed by atoms with Crippen LogP contribution in [0.2, 0.25) is 0 Å². The highest BCUT2D eigenvalue weighted by molar-refractivity contribution is 7.16. The standard InChI is InChI=1S/C16H19Cl2NO5S/c1-5-23-13(21)11-8(2)9(3)25-12(11)19-10(20)6-24-14(22)15(4)7-16(15,17)18/h5-7H2,1-4H3,(H,19,20)/t15-/m1/s1. The monoisotopic (exact) mass is 407 g/mol. The fourth-order valence-corrected chi connectivity index (χ4v) is 3.99. The molecule has 2 rings (SSSR count). The van der Waals surface area contributed by atoms with Gasteiger partial charge in [-0.2, -0.15) is 0 Å². The van der Waals surface area contributed by atoms with E-state index in [1.165, 1.54) is 11.3 Å². The van der Waals surface area contributed by atoms with Crippen molar-refractivity contribution in [2.24, 2.45) is 5.41 Å². The Labute approximate surface area is 159 Å². The molecule has 25 heavy (non-hydrogen) atoms. The van der Waals surface area contributed by atoms with Crippen LogP contribution in [0.4, 0.5) is 5.00 Å². The van der Waals surface area contributed by atoms with Crippen LogP contribution in [0.25, 0.3) is 0 Å². The lowest BCUT2D eigenvalue weighted by atomic mass is 10.1. The van der Waals surface area contributed by atoms with Gasteiger partial charge >= 0.3 is 11.9 Å². The summed E-state index contributed by atoms with van der Waals surface area (Å²) in [5.41, 5.74) is 0.0665. The van der Waals surface area contributed by atoms with Crippen LogP contribution in [0.1, 0.15) is 41.1 Å². The Hall–Kier alpha value is -1.31. The summed E-state index contributed by atoms with van der Waals surface area (Å²) >= 11 is 13.1. The van der Waals surface area contributed by atoms with Crippen molar-refractivity contribution < 1.29 is 23.9 Å². The van der Waals surface area contributed by atoms with Crippen LogP contribution in [0, 0.1) is 19.3 Å². The third-order valence-corrected chi connectivity index (χ3v) is 6.38. The maximum Gasteiger partial charge on any atom is 0.341 e. The maximum atomic E-state index is 12.1. The molecule has 0 aromatic carbocycles. The number of esters is 2. The van der Waals surface area contributed by atoms with Gasteiger partial charge in [0.05, 0.1) is 12.2 Å². The largest absolute Gasteiger partial charge is 0.462 e. The van der Waals surface area contributed by atoms with E-state index in [0.717, 1.165) is 10.4 Å². The fraction of sp³-hybridized carbons (Fsp3) is 0.562. The number of thiophene rings is 1. The minimum absolute atomic E-state index is 0.231. The molecule has 1 aliphatic rings. The van der Waals surface area contributed by atoms with Crippen molar-refractivity contribution in [1.82, 2.24) is 0 Å². The summed E-state index contributed by atoms with van der Waals surface area (Å²) < 4.78 is 8.86. The zero-order chi connectivity index (χ0) is 19.0. The van der Waals surface area contributed by atoms with Crippen molar-refractivity contribution in [1.29, 1.82) is 0 Å². The molecule has 0 spiro atoms. The van der Waals surface area contributed by atoms with E-state index in [2.05, 4.69) is 5.32 Å². The number of carbonyl (C=O) groups is 3. The van der Waals surface area contributed by atoms with Crippen LogP contribution < -0.4 is 5.32 Å². The van der Waals surface area contributed by atoms with Gasteiger partial charge in [0.2, 0.25) is 0 Å². The first-order chi connectivity index (χ1) is 11.5. The number of amides is 1. The molecule has 138 valence electrons. The Balaban J connectivity index is 2.00. The summed E-state index contributed by atoms with van der Waals surface area (Å²) in [4.78, 5) is 37.0. The quantitative estimate of drug-likeness (QED) is 0.575. The third kappa shape index (κ3) is 3.93. The molecular weight excluding hydrogens is 389 g/mol. The molecular formula is C16H19Cl2NO5S. The molecule has 1 N–H and O–H groups in total. The molecule has 0 radical (unpaired) electrons. The summed E-state index contributed by atoms with van der Waals surface area (Å²) in [6.45, 7) is 6.65. The molecule has 1 heterocycles. The number of rotatable bonds is 6. The van der Waals surface area contributed by atoms with E-state index in [-0.39, 0.29) is 13.0 Å². The van der Waals surface area contributed by atoms with E-state index >= 15 is 0 Å². The number of hydrogen-bond acceptors (Lipinski definition) is 6. The predicted molar refractivity (Wildman–Crippen MR) is 96.5 cm³/mol. The van der Waals surface area contributed by atoms with Gasteiger partial charge in [-0.25, -0.2) is 4.79 Å². The second kappa shape index (κ2) is 7.13. The normalized spacial score (nSPS) is 20.7. The average Bonchev–Trinajstić information content (AvgIpc) is 2.91. The summed E-state index contributed by atoms with van der Waals surface area (Å²) in [7, 11) is 0. The molecule has 1 amide bonds. The van der Waals surface area contributed by atoms with Gasteiger partial charge in [0.25, 0.3) is 5.91 Å². The second-order valence-corrected chi connectivity index (χ2v) is 8.75. The molecule has 1 aliphatic carbocycles. The lowest BCUT2D eigenvalue weighted by Gasteiger charge is -2.12. The van der Waals surface area contributed by atoms with Crippen molar-refractivity contribution in [2.45, 2.75) is 38.4 Å². The van der Waals surface area contributed by atoms with Gasteiger partial charge in [-0.3, -0.25) is 9.59 Å². The summed E-state index contributed by atoms with van der Waals surface area (Å²) in [5.74, 6) is -1.69. The predicted octanol–water partition coefficient (Wildman–Crippen LogP) is 3.61. The van der Waals surface area contributed by atoms with Crippen molar-refractivity contribution in [3.8, 4) is 0 Å². The van der Waals surface area contributed by atoms with E-state index < -0.39 is 34.2 Å². The van der Waals surface area contributed by atoms with E-state index in [4.69, 9.17) is 32.7 Å². The molecule has 1 fully saturated rings. The van der Waals surface area contributed by atoms with Crippen LogP contribution in [0.5, 0.6) is 0 Å². The van der Waals surface area contributed by atoms with Gasteiger partial charge in [0.1, 0.15) is 14.7 Å². The highest BCUT2D eigenvalue weighted by Crippen LogP contribution is 2.64. The summed E-state index contributed by atoms with van der Waals surface area (Å²) in [6, 6.07) is 0. The molecule has 1 saturated carbocycles. The second-order valence-electron chi connectivity index (χ2n) is 6.05. The molecule has 1 aromatic rings. The van der Waals surface area contributed by atoms with Gasteiger partial charge in [0.15, 0.2) is 6.61 Å². The topological polar surface area (TPSA) is 81.7 Å². The number of anilines is 1. The van der Waals surface area contributed by atoms with Crippen molar-refractivity contribution >= 4 is 57.4 Å². The first kappa shape index (κ1) is 20.0. The Kier molecular flexibility index (Phi) is 5.71. The van der Waals surface area contributed by atoms with Gasteiger partial charge in [-0.05, 0) is 33.3 Å². The highest BCUT2D eigenvalue weighted by atomic mass is 35.5. The van der Waals surface area contributed by atoms with Crippen LogP contribution in [0.3, 0.4) is 0 Å². The highest BCUT2D eigenvalue weighted by Gasteiger charge is 2.69. The third-order valence-electron chi connectivity index (χ3n) is 4.16. The number of aryl methyl sites for hydroxylation is 1. The van der Waals surface area contributed by atoms with E-state index in [0.29, 0.717) is 10.6 Å². The average molecular weight is 408 g/mol.